The summed E-state index contributed by atoms with van der Waals surface area (Å²) >= 11 is 1.44. The number of rotatable bonds is 15. The number of benzene rings is 1. The number of aliphatic hydroxyl groups excluding tert-OH is 1. The van der Waals surface area contributed by atoms with Crippen LogP contribution >= 0.6 is 11.8 Å². The molecule has 0 spiro atoms. The highest BCUT2D eigenvalue weighted by molar-refractivity contribution is 8.00. The lowest BCUT2D eigenvalue weighted by molar-refractivity contribution is -0.130. The lowest BCUT2D eigenvalue weighted by Gasteiger charge is -2.35. The third-order valence-electron chi connectivity index (χ3n) is 5.65. The molecular weight excluding hydrogens is 488 g/mol. The van der Waals surface area contributed by atoms with E-state index in [1.165, 1.54) is 16.1 Å². The van der Waals surface area contributed by atoms with Gasteiger partial charge in [-0.05, 0) is 45.1 Å². The Bertz CT molecular complexity index is 910. The zero-order chi connectivity index (χ0) is 26.8. The summed E-state index contributed by atoms with van der Waals surface area (Å²) in [7, 11) is -1.92. The summed E-state index contributed by atoms with van der Waals surface area (Å²) in [4.78, 5) is 25.8. The third kappa shape index (κ3) is 10.9. The second-order valence-electron chi connectivity index (χ2n) is 9.68. The van der Waals surface area contributed by atoms with Crippen LogP contribution in [-0.4, -0.2) is 91.8 Å². The van der Waals surface area contributed by atoms with Crippen molar-refractivity contribution in [2.24, 2.45) is 5.92 Å². The number of likely N-dealkylation sites (N-methyl/N-ethyl adjacent to an activating group) is 1. The maximum absolute atomic E-state index is 13.5. The molecule has 0 aliphatic heterocycles. The Morgan fingerprint density at radius 3 is 2.20 bits per heavy atom. The number of hydrogen-bond acceptors (Lipinski definition) is 7. The minimum absolute atomic E-state index is 0.0584. The molecule has 1 aromatic carbocycles. The van der Waals surface area contributed by atoms with Crippen LogP contribution in [0.5, 0.6) is 0 Å². The van der Waals surface area contributed by atoms with E-state index in [1.807, 2.05) is 64.3 Å². The standard InChI is InChI=1S/C24H42N4O5S2/c1-17(2)15-28(35(7,32)33)16-20(29)19(13-18-11-9-8-10-12-18)26-23(31)22(24(3,4)34-6)27-21(30)14-25-5/h8-12,17,19-20,22,25,29H,13-16H2,1-7H3,(H,26,31)(H,27,30)/t19-,20+,22+/m0/s1. The second kappa shape index (κ2) is 14.2. The highest BCUT2D eigenvalue weighted by Gasteiger charge is 2.38. The zero-order valence-corrected chi connectivity index (χ0v) is 23.5. The van der Waals surface area contributed by atoms with Crippen molar-refractivity contribution in [1.29, 1.82) is 0 Å². The van der Waals surface area contributed by atoms with E-state index in [0.717, 1.165) is 11.8 Å². The summed E-state index contributed by atoms with van der Waals surface area (Å²) in [5, 5.41) is 19.6. The predicted octanol–water partition coefficient (Wildman–Crippen LogP) is 0.838. The summed E-state index contributed by atoms with van der Waals surface area (Å²) in [6.07, 6.45) is 2.10. The predicted molar refractivity (Wildman–Crippen MR) is 143 cm³/mol. The Kier molecular flexibility index (Phi) is 12.7. The molecule has 0 aliphatic rings. The topological polar surface area (TPSA) is 128 Å². The first-order valence-electron chi connectivity index (χ1n) is 11.7. The van der Waals surface area contributed by atoms with Crippen LogP contribution in [0.3, 0.4) is 0 Å². The van der Waals surface area contributed by atoms with Crippen molar-refractivity contribution in [2.45, 2.75) is 57.1 Å². The van der Waals surface area contributed by atoms with E-state index in [1.54, 1.807) is 7.05 Å². The van der Waals surface area contributed by atoms with Crippen molar-refractivity contribution >= 4 is 33.6 Å². The van der Waals surface area contributed by atoms with Gasteiger partial charge in [0.1, 0.15) is 6.04 Å². The number of hydrogen-bond donors (Lipinski definition) is 4. The molecule has 1 rings (SSSR count). The van der Waals surface area contributed by atoms with Gasteiger partial charge in [-0.25, -0.2) is 8.42 Å². The largest absolute Gasteiger partial charge is 0.390 e. The molecule has 35 heavy (non-hydrogen) atoms. The normalized spacial score (nSPS) is 15.0. The number of sulfonamides is 1. The fraction of sp³-hybridized carbons (Fsp3) is 0.667. The van der Waals surface area contributed by atoms with Crippen molar-refractivity contribution in [1.82, 2.24) is 20.3 Å². The van der Waals surface area contributed by atoms with Gasteiger partial charge in [-0.1, -0.05) is 44.2 Å². The molecule has 0 bridgehead atoms. The monoisotopic (exact) mass is 530 g/mol. The number of amides is 2. The van der Waals surface area contributed by atoms with Crippen LogP contribution in [0.1, 0.15) is 33.3 Å². The second-order valence-corrected chi connectivity index (χ2v) is 13.1. The quantitative estimate of drug-likeness (QED) is 0.265. The molecule has 0 fully saturated rings. The summed E-state index contributed by atoms with van der Waals surface area (Å²) in [6, 6.07) is 7.71. The summed E-state index contributed by atoms with van der Waals surface area (Å²) in [5.74, 6) is -0.702. The van der Waals surface area contributed by atoms with Crippen molar-refractivity contribution < 1.29 is 23.1 Å². The Morgan fingerprint density at radius 2 is 1.71 bits per heavy atom. The molecule has 3 atom stereocenters. The summed E-state index contributed by atoms with van der Waals surface area (Å²) < 4.78 is 25.3. The van der Waals surface area contributed by atoms with Gasteiger partial charge in [-0.3, -0.25) is 9.59 Å². The summed E-state index contributed by atoms with van der Waals surface area (Å²) in [5.41, 5.74) is 0.881. The van der Waals surface area contributed by atoms with Gasteiger partial charge in [0, 0.05) is 17.8 Å². The van der Waals surface area contributed by atoms with E-state index in [2.05, 4.69) is 16.0 Å². The SMILES string of the molecule is CNCC(=O)N[C@H](C(=O)N[C@@H](Cc1ccccc1)[C@H](O)CN(CC(C)C)S(C)(=O)=O)C(C)(C)SC. The number of nitrogens with one attached hydrogen (secondary N) is 3. The average molecular weight is 531 g/mol. The first kappa shape index (κ1) is 31.4. The average Bonchev–Trinajstić information content (AvgIpc) is 2.76. The van der Waals surface area contributed by atoms with Gasteiger partial charge < -0.3 is 21.1 Å². The summed E-state index contributed by atoms with van der Waals surface area (Å²) in [6.45, 7) is 7.67. The molecule has 0 aliphatic carbocycles. The van der Waals surface area contributed by atoms with E-state index in [0.29, 0.717) is 6.42 Å². The van der Waals surface area contributed by atoms with Crippen molar-refractivity contribution in [3.8, 4) is 0 Å². The molecule has 0 saturated carbocycles. The minimum Gasteiger partial charge on any atom is -0.390 e. The molecule has 0 heterocycles. The van der Waals surface area contributed by atoms with Crippen molar-refractivity contribution in [3.05, 3.63) is 35.9 Å². The fourth-order valence-corrected chi connectivity index (χ4v) is 4.95. The molecule has 0 radical (unpaired) electrons. The minimum atomic E-state index is -3.56. The van der Waals surface area contributed by atoms with Crippen LogP contribution < -0.4 is 16.0 Å². The highest BCUT2D eigenvalue weighted by Crippen LogP contribution is 2.26. The van der Waals surface area contributed by atoms with Crippen LogP contribution in [0.2, 0.25) is 0 Å². The molecule has 0 aromatic heterocycles. The van der Waals surface area contributed by atoms with Gasteiger partial charge in [-0.2, -0.15) is 16.1 Å². The van der Waals surface area contributed by atoms with Gasteiger partial charge in [0.2, 0.25) is 21.8 Å². The number of carbonyl (C=O) groups is 2. The van der Waals surface area contributed by atoms with Crippen molar-refractivity contribution in [3.63, 3.8) is 0 Å². The van der Waals surface area contributed by atoms with Crippen LogP contribution in [0.25, 0.3) is 0 Å². The van der Waals surface area contributed by atoms with E-state index < -0.39 is 38.9 Å². The van der Waals surface area contributed by atoms with Crippen LogP contribution in [-0.2, 0) is 26.0 Å². The molecule has 0 saturated heterocycles. The number of aliphatic hydroxyl groups is 1. The van der Waals surface area contributed by atoms with Gasteiger partial charge in [0.25, 0.3) is 0 Å². The van der Waals surface area contributed by atoms with Crippen LogP contribution in [0.15, 0.2) is 30.3 Å². The van der Waals surface area contributed by atoms with Gasteiger partial charge in [-0.15, -0.1) is 0 Å². The van der Waals surface area contributed by atoms with E-state index in [9.17, 15) is 23.1 Å². The maximum Gasteiger partial charge on any atom is 0.244 e. The molecule has 0 unspecified atom stereocenters. The Balaban J connectivity index is 3.24. The molecular formula is C24H42N4O5S2. The van der Waals surface area contributed by atoms with Crippen LogP contribution in [0, 0.1) is 5.92 Å². The molecule has 11 heteroatoms. The molecule has 4 N–H and O–H groups in total. The first-order valence-corrected chi connectivity index (χ1v) is 14.7. The van der Waals surface area contributed by atoms with Crippen LogP contribution in [0.4, 0.5) is 0 Å². The smallest absolute Gasteiger partial charge is 0.244 e. The van der Waals surface area contributed by atoms with Gasteiger partial charge in [0.05, 0.1) is 24.9 Å². The molecule has 200 valence electrons. The number of thioether (sulfide) groups is 1. The first-order chi connectivity index (χ1) is 16.2. The van der Waals surface area contributed by atoms with Crippen molar-refractivity contribution in [2.75, 3.05) is 39.2 Å². The fourth-order valence-electron chi connectivity index (χ4n) is 3.55. The van der Waals surface area contributed by atoms with E-state index in [4.69, 9.17) is 0 Å². The number of nitrogens with zero attached hydrogens (tertiary/aromatic N) is 1. The number of carbonyl (C=O) groups excluding carboxylic acids is 2. The van der Waals surface area contributed by atoms with E-state index >= 15 is 0 Å². The molecule has 9 nitrogen and oxygen atoms in total. The van der Waals surface area contributed by atoms with E-state index in [-0.39, 0.29) is 31.5 Å². The Hall–Kier alpha value is -1.66. The van der Waals surface area contributed by atoms with Gasteiger partial charge in [0.15, 0.2) is 0 Å². The third-order valence-corrected chi connectivity index (χ3v) is 8.17. The Labute approximate surface area is 214 Å². The zero-order valence-electron chi connectivity index (χ0n) is 21.9. The maximum atomic E-state index is 13.5. The molecule has 2 amide bonds. The lowest BCUT2D eigenvalue weighted by atomic mass is 9.98. The Morgan fingerprint density at radius 1 is 1.11 bits per heavy atom. The van der Waals surface area contributed by atoms with Gasteiger partial charge >= 0.3 is 0 Å². The highest BCUT2D eigenvalue weighted by atomic mass is 32.2. The molecule has 1 aromatic rings. The lowest BCUT2D eigenvalue weighted by Crippen LogP contribution is -2.61.